The zero-order valence-electron chi connectivity index (χ0n) is 8.87. The molecule has 1 aromatic heterocycles. The molecule has 3 nitrogen and oxygen atoms in total. The summed E-state index contributed by atoms with van der Waals surface area (Å²) in [6, 6.07) is 0. The fourth-order valence-electron chi connectivity index (χ4n) is 2.12. The van der Waals surface area contributed by atoms with Crippen LogP contribution >= 0.6 is 11.6 Å². The third-order valence-corrected chi connectivity index (χ3v) is 3.53. The first-order valence-corrected chi connectivity index (χ1v) is 5.77. The number of carbonyl (C=O) groups is 1. The molecule has 0 aliphatic heterocycles. The fraction of sp³-hybridized carbons (Fsp3) is 0.636. The number of hydrogen-bond acceptors (Lipinski definition) is 2. The van der Waals surface area contributed by atoms with Crippen molar-refractivity contribution in [2.75, 3.05) is 0 Å². The van der Waals surface area contributed by atoms with Crippen molar-refractivity contribution in [2.45, 2.75) is 39.2 Å². The van der Waals surface area contributed by atoms with Crippen LogP contribution in [0.4, 0.5) is 0 Å². The summed E-state index contributed by atoms with van der Waals surface area (Å²) < 4.78 is 1.88. The Morgan fingerprint density at radius 2 is 2.47 bits per heavy atom. The second kappa shape index (κ2) is 4.35. The van der Waals surface area contributed by atoms with Gasteiger partial charge < -0.3 is 0 Å². The molecule has 1 atom stereocenters. The predicted molar refractivity (Wildman–Crippen MR) is 58.9 cm³/mol. The van der Waals surface area contributed by atoms with Gasteiger partial charge in [-0.25, -0.2) is 0 Å². The van der Waals surface area contributed by atoms with Crippen LogP contribution < -0.4 is 0 Å². The minimum absolute atomic E-state index is 0.257. The highest BCUT2D eigenvalue weighted by atomic mass is 35.5. The highest BCUT2D eigenvalue weighted by Crippen LogP contribution is 2.25. The van der Waals surface area contributed by atoms with Gasteiger partial charge in [0, 0.05) is 18.9 Å². The molecule has 1 fully saturated rings. The molecule has 0 amide bonds. The number of rotatable bonds is 3. The molecule has 1 aromatic rings. The number of aromatic nitrogens is 2. The highest BCUT2D eigenvalue weighted by Gasteiger charge is 2.24. The molecular formula is C11H15ClN2O. The van der Waals surface area contributed by atoms with E-state index in [1.54, 1.807) is 6.20 Å². The lowest BCUT2D eigenvalue weighted by Gasteiger charge is -2.08. The minimum atomic E-state index is 0.257. The molecule has 1 aliphatic carbocycles. The van der Waals surface area contributed by atoms with Gasteiger partial charge in [0.25, 0.3) is 0 Å². The van der Waals surface area contributed by atoms with Gasteiger partial charge in [-0.2, -0.15) is 5.10 Å². The van der Waals surface area contributed by atoms with Gasteiger partial charge in [-0.3, -0.25) is 9.48 Å². The SMILES string of the molecule is Cc1c(Cl)cnn1CCC1CCCC1=O. The van der Waals surface area contributed by atoms with Crippen LogP contribution in [0.15, 0.2) is 6.20 Å². The van der Waals surface area contributed by atoms with Crippen molar-refractivity contribution in [1.29, 1.82) is 0 Å². The van der Waals surface area contributed by atoms with Crippen molar-refractivity contribution >= 4 is 17.4 Å². The molecular weight excluding hydrogens is 212 g/mol. The lowest BCUT2D eigenvalue weighted by atomic mass is 10.0. The molecule has 0 bridgehead atoms. The normalized spacial score (nSPS) is 21.2. The van der Waals surface area contributed by atoms with E-state index in [-0.39, 0.29) is 5.92 Å². The maximum atomic E-state index is 11.4. The molecule has 82 valence electrons. The lowest BCUT2D eigenvalue weighted by molar-refractivity contribution is -0.120. The first-order chi connectivity index (χ1) is 7.18. The van der Waals surface area contributed by atoms with E-state index in [2.05, 4.69) is 5.10 Å². The molecule has 0 spiro atoms. The molecule has 4 heteroatoms. The average Bonchev–Trinajstić information content (AvgIpc) is 2.74. The Kier molecular flexibility index (Phi) is 3.10. The standard InChI is InChI=1S/C11H15ClN2O/c1-8-10(12)7-13-14(8)6-5-9-3-2-4-11(9)15/h7,9H,2-6H2,1H3. The Labute approximate surface area is 94.4 Å². The summed E-state index contributed by atoms with van der Waals surface area (Å²) in [6.45, 7) is 2.75. The van der Waals surface area contributed by atoms with Crippen molar-refractivity contribution in [1.82, 2.24) is 9.78 Å². The van der Waals surface area contributed by atoms with Gasteiger partial charge >= 0.3 is 0 Å². The largest absolute Gasteiger partial charge is 0.299 e. The van der Waals surface area contributed by atoms with Crippen LogP contribution in [-0.4, -0.2) is 15.6 Å². The van der Waals surface area contributed by atoms with Crippen LogP contribution in [0.3, 0.4) is 0 Å². The molecule has 15 heavy (non-hydrogen) atoms. The summed E-state index contributed by atoms with van der Waals surface area (Å²) in [5.41, 5.74) is 0.988. The number of aryl methyl sites for hydroxylation is 1. The third kappa shape index (κ3) is 2.23. The molecule has 0 radical (unpaired) electrons. The lowest BCUT2D eigenvalue weighted by Crippen LogP contribution is -2.11. The molecule has 1 unspecified atom stereocenters. The molecule has 0 aromatic carbocycles. The number of carbonyl (C=O) groups excluding carboxylic acids is 1. The maximum Gasteiger partial charge on any atom is 0.136 e. The van der Waals surface area contributed by atoms with E-state index in [0.29, 0.717) is 10.8 Å². The average molecular weight is 227 g/mol. The van der Waals surface area contributed by atoms with E-state index >= 15 is 0 Å². The first-order valence-electron chi connectivity index (χ1n) is 5.39. The molecule has 0 N–H and O–H groups in total. The van der Waals surface area contributed by atoms with Crippen LogP contribution in [0.5, 0.6) is 0 Å². The summed E-state index contributed by atoms with van der Waals surface area (Å²) >= 11 is 5.90. The van der Waals surface area contributed by atoms with Gasteiger partial charge in [-0.1, -0.05) is 11.6 Å². The second-order valence-electron chi connectivity index (χ2n) is 4.15. The Morgan fingerprint density at radius 3 is 3.00 bits per heavy atom. The molecule has 1 saturated carbocycles. The topological polar surface area (TPSA) is 34.9 Å². The number of nitrogens with zero attached hydrogens (tertiary/aromatic N) is 2. The Bertz CT molecular complexity index is 373. The van der Waals surface area contributed by atoms with Crippen molar-refractivity contribution < 1.29 is 4.79 Å². The van der Waals surface area contributed by atoms with Crippen LogP contribution in [0.1, 0.15) is 31.4 Å². The zero-order chi connectivity index (χ0) is 10.8. The van der Waals surface area contributed by atoms with Gasteiger partial charge in [0.2, 0.25) is 0 Å². The predicted octanol–water partition coefficient (Wildman–Crippen LogP) is 2.60. The van der Waals surface area contributed by atoms with Crippen LogP contribution in [0.25, 0.3) is 0 Å². The number of ketones is 1. The summed E-state index contributed by atoms with van der Waals surface area (Å²) in [4.78, 5) is 11.4. The van der Waals surface area contributed by atoms with E-state index < -0.39 is 0 Å². The van der Waals surface area contributed by atoms with Crippen molar-refractivity contribution in [3.8, 4) is 0 Å². The minimum Gasteiger partial charge on any atom is -0.299 e. The van der Waals surface area contributed by atoms with E-state index in [1.807, 2.05) is 11.6 Å². The van der Waals surface area contributed by atoms with Gasteiger partial charge in [-0.15, -0.1) is 0 Å². The van der Waals surface area contributed by atoms with E-state index in [0.717, 1.165) is 37.9 Å². The van der Waals surface area contributed by atoms with Gasteiger partial charge in [-0.05, 0) is 26.2 Å². The van der Waals surface area contributed by atoms with E-state index in [1.165, 1.54) is 0 Å². The van der Waals surface area contributed by atoms with Crippen LogP contribution in [0, 0.1) is 12.8 Å². The van der Waals surface area contributed by atoms with E-state index in [9.17, 15) is 4.79 Å². The molecule has 1 heterocycles. The molecule has 0 saturated heterocycles. The zero-order valence-corrected chi connectivity index (χ0v) is 9.63. The second-order valence-corrected chi connectivity index (χ2v) is 4.55. The highest BCUT2D eigenvalue weighted by molar-refractivity contribution is 6.31. The van der Waals surface area contributed by atoms with Gasteiger partial charge in [0.05, 0.1) is 16.9 Å². The smallest absolute Gasteiger partial charge is 0.136 e. The van der Waals surface area contributed by atoms with Crippen LogP contribution in [-0.2, 0) is 11.3 Å². The van der Waals surface area contributed by atoms with Gasteiger partial charge in [0.15, 0.2) is 0 Å². The summed E-state index contributed by atoms with van der Waals surface area (Å²) in [7, 11) is 0. The van der Waals surface area contributed by atoms with Crippen molar-refractivity contribution in [3.05, 3.63) is 16.9 Å². The maximum absolute atomic E-state index is 11.4. The Hall–Kier alpha value is -0.830. The Morgan fingerprint density at radius 1 is 1.67 bits per heavy atom. The van der Waals surface area contributed by atoms with Crippen molar-refractivity contribution in [2.24, 2.45) is 5.92 Å². The fourth-order valence-corrected chi connectivity index (χ4v) is 2.26. The Balaban J connectivity index is 1.93. The quantitative estimate of drug-likeness (QED) is 0.794. The summed E-state index contributed by atoms with van der Waals surface area (Å²) in [5, 5.41) is 4.88. The number of Topliss-reactive ketones (excluding diaryl/α,β-unsaturated/α-hetero) is 1. The monoisotopic (exact) mass is 226 g/mol. The van der Waals surface area contributed by atoms with Crippen LogP contribution in [0.2, 0.25) is 5.02 Å². The van der Waals surface area contributed by atoms with Gasteiger partial charge in [0.1, 0.15) is 5.78 Å². The summed E-state index contributed by atoms with van der Waals surface area (Å²) in [5.74, 6) is 0.679. The number of hydrogen-bond donors (Lipinski definition) is 0. The van der Waals surface area contributed by atoms with Crippen molar-refractivity contribution in [3.63, 3.8) is 0 Å². The number of halogens is 1. The molecule has 1 aliphatic rings. The summed E-state index contributed by atoms with van der Waals surface area (Å²) in [6.07, 6.45) is 5.43. The first kappa shape index (κ1) is 10.7. The molecule has 2 rings (SSSR count). The third-order valence-electron chi connectivity index (χ3n) is 3.16. The van der Waals surface area contributed by atoms with E-state index in [4.69, 9.17) is 11.6 Å².